The van der Waals surface area contributed by atoms with Crippen LogP contribution in [-0.4, -0.2) is 15.2 Å². The molecule has 1 N–H and O–H groups in total. The Labute approximate surface area is 107 Å². The molecule has 0 spiro atoms. The van der Waals surface area contributed by atoms with Crippen LogP contribution in [0.1, 0.15) is 31.7 Å². The number of hydrogen-bond donors (Lipinski definition) is 1. The van der Waals surface area contributed by atoms with Crippen LogP contribution in [0.4, 0.5) is 0 Å². The van der Waals surface area contributed by atoms with Crippen molar-refractivity contribution in [1.29, 1.82) is 0 Å². The van der Waals surface area contributed by atoms with E-state index in [9.17, 15) is 5.11 Å². The summed E-state index contributed by atoms with van der Waals surface area (Å²) >= 11 is 0. The first kappa shape index (κ1) is 12.6. The van der Waals surface area contributed by atoms with Gasteiger partial charge < -0.3 is 9.63 Å². The zero-order chi connectivity index (χ0) is 13.1. The molecule has 0 radical (unpaired) electrons. The number of hydrogen-bond acceptors (Lipinski definition) is 4. The number of rotatable bonds is 4. The fourth-order valence-electron chi connectivity index (χ4n) is 1.63. The van der Waals surface area contributed by atoms with Gasteiger partial charge in [-0.1, -0.05) is 25.1 Å². The maximum Gasteiger partial charge on any atom is 0.258 e. The molecule has 0 fully saturated rings. The highest BCUT2D eigenvalue weighted by molar-refractivity contribution is 5.57. The quantitative estimate of drug-likeness (QED) is 0.898. The van der Waals surface area contributed by atoms with Gasteiger partial charge in [0.05, 0.1) is 0 Å². The van der Waals surface area contributed by atoms with E-state index < -0.39 is 0 Å². The zero-order valence-electron chi connectivity index (χ0n) is 11.0. The van der Waals surface area contributed by atoms with E-state index in [0.717, 1.165) is 29.8 Å². The highest BCUT2D eigenvalue weighted by atomic mass is 16.5. The van der Waals surface area contributed by atoms with E-state index in [2.05, 4.69) is 24.0 Å². The standard InChI is InChI=1S/C14H18N2O2/c1-9(2)4-7-13-15-14(18-16-13)11-6-5-10(3)12(17)8-11/h5-6,8-9,17H,4,7H2,1-3H3. The Morgan fingerprint density at radius 1 is 1.33 bits per heavy atom. The average molecular weight is 246 g/mol. The van der Waals surface area contributed by atoms with Gasteiger partial charge in [0.1, 0.15) is 5.75 Å². The van der Waals surface area contributed by atoms with Crippen molar-refractivity contribution in [1.82, 2.24) is 10.1 Å². The summed E-state index contributed by atoms with van der Waals surface area (Å²) in [5.74, 6) is 2.05. The lowest BCUT2D eigenvalue weighted by Crippen LogP contribution is -1.93. The van der Waals surface area contributed by atoms with Crippen LogP contribution in [0.5, 0.6) is 5.75 Å². The van der Waals surface area contributed by atoms with Gasteiger partial charge in [0, 0.05) is 12.0 Å². The molecule has 2 aromatic rings. The molecule has 1 heterocycles. The van der Waals surface area contributed by atoms with Gasteiger partial charge in [-0.25, -0.2) is 0 Å². The molecule has 2 rings (SSSR count). The average Bonchev–Trinajstić information content (AvgIpc) is 2.79. The van der Waals surface area contributed by atoms with Crippen molar-refractivity contribution in [3.63, 3.8) is 0 Å². The molecule has 0 atom stereocenters. The SMILES string of the molecule is Cc1ccc(-c2nc(CCC(C)C)no2)cc1O. The normalized spacial score (nSPS) is 11.1. The molecule has 0 saturated heterocycles. The van der Waals surface area contributed by atoms with Crippen molar-refractivity contribution in [3.8, 4) is 17.2 Å². The summed E-state index contributed by atoms with van der Waals surface area (Å²) in [6, 6.07) is 5.35. The minimum absolute atomic E-state index is 0.245. The van der Waals surface area contributed by atoms with Crippen molar-refractivity contribution in [2.75, 3.05) is 0 Å². The summed E-state index contributed by atoms with van der Waals surface area (Å²) in [5.41, 5.74) is 1.58. The number of aryl methyl sites for hydroxylation is 2. The summed E-state index contributed by atoms with van der Waals surface area (Å²) in [4.78, 5) is 4.33. The van der Waals surface area contributed by atoms with Crippen LogP contribution in [-0.2, 0) is 6.42 Å². The Kier molecular flexibility index (Phi) is 3.65. The van der Waals surface area contributed by atoms with E-state index in [1.165, 1.54) is 0 Å². The Balaban J connectivity index is 2.16. The van der Waals surface area contributed by atoms with Gasteiger partial charge in [-0.05, 0) is 37.0 Å². The number of aromatic hydroxyl groups is 1. The van der Waals surface area contributed by atoms with Crippen molar-refractivity contribution >= 4 is 0 Å². The van der Waals surface area contributed by atoms with Crippen molar-refractivity contribution in [2.24, 2.45) is 5.92 Å². The molecular weight excluding hydrogens is 228 g/mol. The third-order valence-corrected chi connectivity index (χ3v) is 2.87. The topological polar surface area (TPSA) is 59.2 Å². The van der Waals surface area contributed by atoms with E-state index in [1.54, 1.807) is 6.07 Å². The molecule has 0 aliphatic carbocycles. The zero-order valence-corrected chi connectivity index (χ0v) is 11.0. The van der Waals surface area contributed by atoms with Crippen LogP contribution in [0.25, 0.3) is 11.5 Å². The second-order valence-electron chi connectivity index (χ2n) is 4.95. The predicted molar refractivity (Wildman–Crippen MR) is 69.3 cm³/mol. The second-order valence-corrected chi connectivity index (χ2v) is 4.95. The van der Waals surface area contributed by atoms with Gasteiger partial charge in [-0.3, -0.25) is 0 Å². The van der Waals surface area contributed by atoms with Crippen LogP contribution in [0.3, 0.4) is 0 Å². The van der Waals surface area contributed by atoms with Gasteiger partial charge >= 0.3 is 0 Å². The molecule has 4 heteroatoms. The summed E-state index contributed by atoms with van der Waals surface area (Å²) in [5, 5.41) is 13.6. The van der Waals surface area contributed by atoms with E-state index in [0.29, 0.717) is 11.8 Å². The van der Waals surface area contributed by atoms with Crippen LogP contribution in [0.2, 0.25) is 0 Å². The van der Waals surface area contributed by atoms with Crippen LogP contribution in [0.15, 0.2) is 22.7 Å². The molecular formula is C14H18N2O2. The Morgan fingerprint density at radius 2 is 2.11 bits per heavy atom. The summed E-state index contributed by atoms with van der Waals surface area (Å²) < 4.78 is 5.21. The molecule has 18 heavy (non-hydrogen) atoms. The predicted octanol–water partition coefficient (Wildman–Crippen LogP) is 3.34. The lowest BCUT2D eigenvalue weighted by atomic mass is 10.1. The van der Waals surface area contributed by atoms with Crippen LogP contribution in [0, 0.1) is 12.8 Å². The number of nitrogens with zero attached hydrogens (tertiary/aromatic N) is 2. The fraction of sp³-hybridized carbons (Fsp3) is 0.429. The summed E-state index contributed by atoms with van der Waals surface area (Å²) in [7, 11) is 0. The first-order valence-corrected chi connectivity index (χ1v) is 6.19. The Hall–Kier alpha value is -1.84. The summed E-state index contributed by atoms with van der Waals surface area (Å²) in [6.07, 6.45) is 1.86. The van der Waals surface area contributed by atoms with Crippen molar-refractivity contribution < 1.29 is 9.63 Å². The van der Waals surface area contributed by atoms with Crippen LogP contribution < -0.4 is 0 Å². The Morgan fingerprint density at radius 3 is 2.78 bits per heavy atom. The second kappa shape index (κ2) is 5.21. The van der Waals surface area contributed by atoms with Gasteiger partial charge in [0.15, 0.2) is 5.82 Å². The minimum Gasteiger partial charge on any atom is -0.508 e. The van der Waals surface area contributed by atoms with Gasteiger partial charge in [-0.15, -0.1) is 0 Å². The molecule has 4 nitrogen and oxygen atoms in total. The van der Waals surface area contributed by atoms with E-state index in [1.807, 2.05) is 19.1 Å². The van der Waals surface area contributed by atoms with E-state index in [4.69, 9.17) is 4.52 Å². The molecule has 0 saturated carbocycles. The number of aromatic nitrogens is 2. The fourth-order valence-corrected chi connectivity index (χ4v) is 1.63. The van der Waals surface area contributed by atoms with Crippen LogP contribution >= 0.6 is 0 Å². The smallest absolute Gasteiger partial charge is 0.258 e. The molecule has 96 valence electrons. The van der Waals surface area contributed by atoms with Gasteiger partial charge in [0.2, 0.25) is 0 Å². The van der Waals surface area contributed by atoms with Crippen molar-refractivity contribution in [2.45, 2.75) is 33.6 Å². The maximum atomic E-state index is 9.65. The molecule has 0 aliphatic heterocycles. The van der Waals surface area contributed by atoms with E-state index in [-0.39, 0.29) is 5.75 Å². The molecule has 0 bridgehead atoms. The lowest BCUT2D eigenvalue weighted by Gasteiger charge is -2.00. The number of benzene rings is 1. The third-order valence-electron chi connectivity index (χ3n) is 2.87. The van der Waals surface area contributed by atoms with Gasteiger partial charge in [-0.2, -0.15) is 4.98 Å². The minimum atomic E-state index is 0.245. The highest BCUT2D eigenvalue weighted by Crippen LogP contribution is 2.24. The molecule has 0 unspecified atom stereocenters. The first-order valence-electron chi connectivity index (χ1n) is 6.19. The van der Waals surface area contributed by atoms with Crippen molar-refractivity contribution in [3.05, 3.63) is 29.6 Å². The van der Waals surface area contributed by atoms with Gasteiger partial charge in [0.25, 0.3) is 5.89 Å². The largest absolute Gasteiger partial charge is 0.508 e. The number of phenols is 1. The molecule has 0 aliphatic rings. The monoisotopic (exact) mass is 246 g/mol. The third kappa shape index (κ3) is 2.88. The summed E-state index contributed by atoms with van der Waals surface area (Å²) in [6.45, 7) is 6.18. The molecule has 0 amide bonds. The number of phenolic OH excluding ortho intramolecular Hbond substituents is 1. The Bertz CT molecular complexity index is 532. The lowest BCUT2D eigenvalue weighted by molar-refractivity contribution is 0.418. The maximum absolute atomic E-state index is 9.65. The highest BCUT2D eigenvalue weighted by Gasteiger charge is 2.10. The first-order chi connectivity index (χ1) is 8.56. The van der Waals surface area contributed by atoms with E-state index >= 15 is 0 Å². The molecule has 1 aromatic heterocycles. The molecule has 1 aromatic carbocycles.